The quantitative estimate of drug-likeness (QED) is 0.218. The summed E-state index contributed by atoms with van der Waals surface area (Å²) in [5, 5.41) is 3.89. The zero-order valence-electron chi connectivity index (χ0n) is 21.6. The predicted octanol–water partition coefficient (Wildman–Crippen LogP) is 2.73. The fourth-order valence-electron chi connectivity index (χ4n) is 4.75. The van der Waals surface area contributed by atoms with Gasteiger partial charge in [0.15, 0.2) is 16.6 Å². The summed E-state index contributed by atoms with van der Waals surface area (Å²) in [5.74, 6) is 5.05. The number of hydrogen-bond acceptors (Lipinski definition) is 10. The van der Waals surface area contributed by atoms with Crippen molar-refractivity contribution >= 4 is 40.0 Å². The molecule has 41 heavy (non-hydrogen) atoms. The monoisotopic (exact) mass is 586 g/mol. The van der Waals surface area contributed by atoms with Crippen LogP contribution in [0.15, 0.2) is 49.2 Å². The minimum Gasteiger partial charge on any atom is -0.403 e. The van der Waals surface area contributed by atoms with E-state index in [1.165, 1.54) is 48.9 Å². The molecule has 1 aliphatic rings. The number of halogens is 3. The molecule has 0 saturated carbocycles. The second-order valence-corrected chi connectivity index (χ2v) is 10.3. The number of amides is 2. The molecule has 5 N–H and O–H groups in total. The third-order valence-corrected chi connectivity index (χ3v) is 7.55. The van der Waals surface area contributed by atoms with Crippen molar-refractivity contribution < 1.29 is 22.8 Å². The van der Waals surface area contributed by atoms with Crippen LogP contribution in [0.2, 0.25) is 0 Å². The zero-order valence-corrected chi connectivity index (χ0v) is 22.4. The van der Waals surface area contributed by atoms with Crippen molar-refractivity contribution in [2.45, 2.75) is 31.9 Å². The van der Waals surface area contributed by atoms with Crippen molar-refractivity contribution in [1.29, 1.82) is 0 Å². The molecule has 4 aromatic heterocycles. The number of aromatic nitrogens is 5. The van der Waals surface area contributed by atoms with Gasteiger partial charge in [-0.3, -0.25) is 14.6 Å². The van der Waals surface area contributed by atoms with Crippen LogP contribution in [0.25, 0.3) is 22.6 Å². The summed E-state index contributed by atoms with van der Waals surface area (Å²) in [7, 11) is 0. The number of nitrogens with zero attached hydrogens (tertiary/aromatic N) is 7. The van der Waals surface area contributed by atoms with Gasteiger partial charge < -0.3 is 20.5 Å². The van der Waals surface area contributed by atoms with Gasteiger partial charge >= 0.3 is 0 Å². The number of rotatable bonds is 7. The molecule has 0 aliphatic carbocycles. The van der Waals surface area contributed by atoms with Crippen molar-refractivity contribution in [3.05, 3.63) is 64.9 Å². The highest BCUT2D eigenvalue weighted by Crippen LogP contribution is 2.34. The molecule has 0 spiro atoms. The van der Waals surface area contributed by atoms with E-state index in [9.17, 15) is 22.8 Å². The number of pyridine rings is 2. The van der Waals surface area contributed by atoms with E-state index in [4.69, 9.17) is 11.6 Å². The topological polar surface area (TPSA) is 161 Å². The molecule has 16 heteroatoms. The first kappa shape index (κ1) is 28.0. The number of carbonyl (C=O) groups is 2. The van der Waals surface area contributed by atoms with Gasteiger partial charge in [-0.25, -0.2) is 38.9 Å². The van der Waals surface area contributed by atoms with E-state index in [0.29, 0.717) is 34.6 Å². The van der Waals surface area contributed by atoms with Gasteiger partial charge in [0, 0.05) is 56.9 Å². The molecule has 2 unspecified atom stereocenters. The van der Waals surface area contributed by atoms with Gasteiger partial charge in [0.2, 0.25) is 5.91 Å². The summed E-state index contributed by atoms with van der Waals surface area (Å²) in [6.07, 6.45) is 4.07. The van der Waals surface area contributed by atoms with Gasteiger partial charge in [-0.1, -0.05) is 0 Å². The Morgan fingerprint density at radius 3 is 2.73 bits per heavy atom. The largest absolute Gasteiger partial charge is 0.403 e. The van der Waals surface area contributed by atoms with Gasteiger partial charge in [0.05, 0.1) is 22.6 Å². The molecule has 2 amide bonds. The molecule has 214 valence electrons. The molecule has 12 nitrogen and oxygen atoms in total. The summed E-state index contributed by atoms with van der Waals surface area (Å²) in [4.78, 5) is 43.6. The number of piperidine rings is 1. The fourth-order valence-corrected chi connectivity index (χ4v) is 5.42. The molecule has 0 radical (unpaired) electrons. The van der Waals surface area contributed by atoms with Crippen LogP contribution in [0.5, 0.6) is 0 Å². The maximum absolute atomic E-state index is 15.0. The number of nitrogens with one attached hydrogen (secondary N) is 1. The standard InChI is InChI=1S/C25H25F3N10O2S/c1-13(39)36-11-14(34-24(40)25-33-10-19(41-25)22(27)28)7-15(12-36)38-18-8-20(37(30)6-4-29)32-9-17(18)35-23(38)21-16(26)3-2-5-31-21/h2-6,8-10,14-15,22H,7,11-12,29-30H2,1H3,(H,34,40)/b6-4-. The molecule has 5 rings (SSSR count). The van der Waals surface area contributed by atoms with E-state index in [1.807, 2.05) is 0 Å². The lowest BCUT2D eigenvalue weighted by molar-refractivity contribution is -0.130. The minimum atomic E-state index is -2.74. The molecule has 2 atom stereocenters. The van der Waals surface area contributed by atoms with Gasteiger partial charge in [-0.15, -0.1) is 11.3 Å². The third kappa shape index (κ3) is 5.69. The highest BCUT2D eigenvalue weighted by molar-refractivity contribution is 7.13. The first-order valence-electron chi connectivity index (χ1n) is 12.4. The first-order valence-corrected chi connectivity index (χ1v) is 13.2. The average Bonchev–Trinajstić information content (AvgIpc) is 3.59. The van der Waals surface area contributed by atoms with Gasteiger partial charge in [-0.05, 0) is 18.6 Å². The Hall–Kier alpha value is -4.57. The van der Waals surface area contributed by atoms with Crippen LogP contribution in [0.3, 0.4) is 0 Å². The lowest BCUT2D eigenvalue weighted by atomic mass is 9.99. The Morgan fingerprint density at radius 2 is 2.05 bits per heavy atom. The minimum absolute atomic E-state index is 0.0143. The van der Waals surface area contributed by atoms with Crippen molar-refractivity contribution in [2.75, 3.05) is 18.1 Å². The Morgan fingerprint density at radius 1 is 1.24 bits per heavy atom. The fraction of sp³-hybridized carbons (Fsp3) is 0.280. The number of nitrogens with two attached hydrogens (primary N) is 2. The first-order chi connectivity index (χ1) is 19.7. The van der Waals surface area contributed by atoms with Gasteiger partial charge in [-0.2, -0.15) is 0 Å². The molecular formula is C25H25F3N10O2S. The van der Waals surface area contributed by atoms with Gasteiger partial charge in [0.25, 0.3) is 12.3 Å². The second-order valence-electron chi connectivity index (χ2n) is 9.27. The number of likely N-dealkylation sites (tertiary alicyclic amines) is 1. The lowest BCUT2D eigenvalue weighted by Crippen LogP contribution is -2.52. The van der Waals surface area contributed by atoms with Crippen LogP contribution in [-0.2, 0) is 4.79 Å². The van der Waals surface area contributed by atoms with Gasteiger partial charge in [0.1, 0.15) is 17.0 Å². The van der Waals surface area contributed by atoms with Crippen LogP contribution < -0.4 is 21.9 Å². The highest BCUT2D eigenvalue weighted by atomic mass is 32.1. The smallest absolute Gasteiger partial charge is 0.280 e. The van der Waals surface area contributed by atoms with E-state index in [0.717, 1.165) is 6.20 Å². The molecule has 1 saturated heterocycles. The van der Waals surface area contributed by atoms with Crippen molar-refractivity contribution in [3.63, 3.8) is 0 Å². The number of hydrogen-bond donors (Lipinski definition) is 3. The normalized spacial score (nSPS) is 17.5. The van der Waals surface area contributed by atoms with Crippen LogP contribution in [0.1, 0.15) is 40.5 Å². The number of fused-ring (bicyclic) bond motifs is 1. The number of alkyl halides is 2. The zero-order chi connectivity index (χ0) is 29.3. The SMILES string of the molecule is CC(=O)N1CC(NC(=O)c2ncc(C(F)F)s2)CC(n2c(-c3ncccc3F)nc3cnc(N(N)/C=C\N)cc32)C1. The van der Waals surface area contributed by atoms with Crippen molar-refractivity contribution in [3.8, 4) is 11.5 Å². The highest BCUT2D eigenvalue weighted by Gasteiger charge is 2.34. The number of thiazole rings is 1. The predicted molar refractivity (Wildman–Crippen MR) is 145 cm³/mol. The summed E-state index contributed by atoms with van der Waals surface area (Å²) in [6.45, 7) is 1.79. The average molecular weight is 587 g/mol. The Kier molecular flexibility index (Phi) is 7.85. The Bertz CT molecular complexity index is 1620. The van der Waals surface area contributed by atoms with E-state index in [2.05, 4.69) is 25.3 Å². The molecule has 0 aromatic carbocycles. The second kappa shape index (κ2) is 11.5. The molecule has 1 aliphatic heterocycles. The molecule has 1 fully saturated rings. The van der Waals surface area contributed by atoms with E-state index < -0.39 is 30.2 Å². The van der Waals surface area contributed by atoms with E-state index >= 15 is 0 Å². The van der Waals surface area contributed by atoms with E-state index in [-0.39, 0.29) is 40.4 Å². The van der Waals surface area contributed by atoms with Crippen molar-refractivity contribution in [2.24, 2.45) is 11.6 Å². The summed E-state index contributed by atoms with van der Waals surface area (Å²) >= 11 is 0.598. The number of anilines is 1. The van der Waals surface area contributed by atoms with Crippen LogP contribution in [0, 0.1) is 5.82 Å². The molecule has 5 heterocycles. The summed E-state index contributed by atoms with van der Waals surface area (Å²) in [6, 6.07) is 3.26. The van der Waals surface area contributed by atoms with Crippen LogP contribution in [-0.4, -0.2) is 60.3 Å². The van der Waals surface area contributed by atoms with E-state index in [1.54, 1.807) is 15.5 Å². The number of carbonyl (C=O) groups excluding carboxylic acids is 2. The number of imidazole rings is 1. The molecular weight excluding hydrogens is 561 g/mol. The van der Waals surface area contributed by atoms with Crippen molar-refractivity contribution in [1.82, 2.24) is 34.7 Å². The van der Waals surface area contributed by atoms with Crippen LogP contribution in [0.4, 0.5) is 19.0 Å². The third-order valence-electron chi connectivity index (χ3n) is 6.55. The maximum Gasteiger partial charge on any atom is 0.280 e. The summed E-state index contributed by atoms with van der Waals surface area (Å²) < 4.78 is 42.8. The van der Waals surface area contributed by atoms with Crippen LogP contribution >= 0.6 is 11.3 Å². The lowest BCUT2D eigenvalue weighted by Gasteiger charge is -2.38. The Balaban J connectivity index is 1.57. The number of hydrazine groups is 1. The maximum atomic E-state index is 15.0. The Labute approximate surface area is 235 Å². The summed E-state index contributed by atoms with van der Waals surface area (Å²) in [5.41, 5.74) is 6.40. The molecule has 4 aromatic rings. The molecule has 0 bridgehead atoms.